The quantitative estimate of drug-likeness (QED) is 0.838. The van der Waals surface area contributed by atoms with Gasteiger partial charge in [-0.15, -0.1) is 0 Å². The molecule has 0 fully saturated rings. The summed E-state index contributed by atoms with van der Waals surface area (Å²) in [7, 11) is 1.71. The van der Waals surface area contributed by atoms with Crippen LogP contribution in [0.15, 0.2) is 18.6 Å². The molecule has 0 saturated carbocycles. The zero-order valence-corrected chi connectivity index (χ0v) is 16.0. The normalized spacial score (nSPS) is 17.7. The maximum atomic E-state index is 5.09. The summed E-state index contributed by atoms with van der Waals surface area (Å²) in [6.07, 6.45) is 8.71. The molecule has 3 rings (SSSR count). The van der Waals surface area contributed by atoms with Crippen molar-refractivity contribution in [2.75, 3.05) is 20.3 Å². The molecule has 2 aromatic rings. The molecule has 6 nitrogen and oxygen atoms in total. The zero-order valence-electron chi connectivity index (χ0n) is 16.0. The first kappa shape index (κ1) is 18.1. The van der Waals surface area contributed by atoms with Gasteiger partial charge < -0.3 is 14.6 Å². The van der Waals surface area contributed by atoms with Crippen molar-refractivity contribution in [3.05, 3.63) is 35.7 Å². The minimum Gasteiger partial charge on any atom is -0.383 e. The minimum atomic E-state index is 0.110. The van der Waals surface area contributed by atoms with E-state index in [1.807, 2.05) is 10.9 Å². The predicted molar refractivity (Wildman–Crippen MR) is 98.7 cm³/mol. The zero-order chi connectivity index (χ0) is 17.9. The molecule has 6 heteroatoms. The molecule has 0 saturated heterocycles. The number of methoxy groups -OCH3 is 1. The Balaban J connectivity index is 1.56. The van der Waals surface area contributed by atoms with E-state index in [1.54, 1.807) is 7.11 Å². The lowest BCUT2D eigenvalue weighted by Crippen LogP contribution is -2.26. The molecule has 2 aromatic heterocycles. The van der Waals surface area contributed by atoms with Gasteiger partial charge in [-0.1, -0.05) is 20.8 Å². The van der Waals surface area contributed by atoms with Crippen LogP contribution in [0.2, 0.25) is 0 Å². The van der Waals surface area contributed by atoms with Crippen LogP contribution < -0.4 is 5.32 Å². The van der Waals surface area contributed by atoms with Crippen LogP contribution in [0.5, 0.6) is 0 Å². The van der Waals surface area contributed by atoms with Gasteiger partial charge in [0, 0.05) is 56.0 Å². The Kier molecular flexibility index (Phi) is 5.59. The first-order valence-corrected chi connectivity index (χ1v) is 9.26. The largest absolute Gasteiger partial charge is 0.383 e. The van der Waals surface area contributed by atoms with Gasteiger partial charge in [-0.05, 0) is 12.8 Å². The van der Waals surface area contributed by atoms with Crippen LogP contribution in [0.25, 0.3) is 0 Å². The smallest absolute Gasteiger partial charge is 0.113 e. The standard InChI is InChI=1S/C19H31N5O/c1-19(2,3)17-14-23-7-5-6-16(18(23)22-17)12-20-10-15-11-21-24(13-15)8-9-25-4/h11,13-14,16,20H,5-10,12H2,1-4H3/t16-/m0/s1. The average molecular weight is 345 g/mol. The van der Waals surface area contributed by atoms with E-state index >= 15 is 0 Å². The van der Waals surface area contributed by atoms with Crippen LogP contribution in [0, 0.1) is 0 Å². The number of rotatable bonds is 7. The molecule has 1 aliphatic rings. The van der Waals surface area contributed by atoms with E-state index < -0.39 is 0 Å². The second-order valence-corrected chi connectivity index (χ2v) is 8.00. The number of ether oxygens (including phenoxy) is 1. The van der Waals surface area contributed by atoms with Crippen molar-refractivity contribution in [3.63, 3.8) is 0 Å². The highest BCUT2D eigenvalue weighted by molar-refractivity contribution is 5.17. The van der Waals surface area contributed by atoms with Gasteiger partial charge in [0.25, 0.3) is 0 Å². The van der Waals surface area contributed by atoms with Crippen LogP contribution in [0.1, 0.15) is 56.6 Å². The Hall–Kier alpha value is -1.66. The third-order valence-corrected chi connectivity index (χ3v) is 4.82. The Morgan fingerprint density at radius 1 is 1.32 bits per heavy atom. The van der Waals surface area contributed by atoms with Gasteiger partial charge in [0.1, 0.15) is 5.82 Å². The number of aryl methyl sites for hydroxylation is 1. The highest BCUT2D eigenvalue weighted by Gasteiger charge is 2.26. The van der Waals surface area contributed by atoms with E-state index in [4.69, 9.17) is 9.72 Å². The molecule has 0 bridgehead atoms. The molecular weight excluding hydrogens is 314 g/mol. The average Bonchev–Trinajstić information content (AvgIpc) is 3.19. The lowest BCUT2D eigenvalue weighted by Gasteiger charge is -2.23. The minimum absolute atomic E-state index is 0.110. The maximum Gasteiger partial charge on any atom is 0.113 e. The molecule has 0 aromatic carbocycles. The van der Waals surface area contributed by atoms with Crippen molar-refractivity contribution in [3.8, 4) is 0 Å². The molecule has 3 heterocycles. The molecule has 0 amide bonds. The molecule has 25 heavy (non-hydrogen) atoms. The van der Waals surface area contributed by atoms with E-state index in [0.717, 1.165) is 26.2 Å². The first-order valence-electron chi connectivity index (χ1n) is 9.26. The van der Waals surface area contributed by atoms with Gasteiger partial charge in [0.15, 0.2) is 0 Å². The van der Waals surface area contributed by atoms with Gasteiger partial charge in [0.05, 0.1) is 25.0 Å². The number of hydrogen-bond acceptors (Lipinski definition) is 4. The molecule has 1 N–H and O–H groups in total. The Labute approximate surface area is 150 Å². The molecule has 0 spiro atoms. The number of hydrogen-bond donors (Lipinski definition) is 1. The van der Waals surface area contributed by atoms with Crippen LogP contribution in [-0.4, -0.2) is 39.6 Å². The van der Waals surface area contributed by atoms with E-state index in [0.29, 0.717) is 12.5 Å². The summed E-state index contributed by atoms with van der Waals surface area (Å²) in [5.41, 5.74) is 2.53. The molecular formula is C19H31N5O. The summed E-state index contributed by atoms with van der Waals surface area (Å²) < 4.78 is 9.38. The lowest BCUT2D eigenvalue weighted by atomic mass is 9.93. The van der Waals surface area contributed by atoms with Crippen molar-refractivity contribution >= 4 is 0 Å². The van der Waals surface area contributed by atoms with Crippen molar-refractivity contribution in [2.45, 2.75) is 64.6 Å². The van der Waals surface area contributed by atoms with Crippen molar-refractivity contribution in [1.82, 2.24) is 24.6 Å². The number of nitrogens with one attached hydrogen (secondary N) is 1. The van der Waals surface area contributed by atoms with Crippen molar-refractivity contribution in [1.29, 1.82) is 0 Å². The number of imidazole rings is 1. The van der Waals surface area contributed by atoms with Crippen molar-refractivity contribution in [2.24, 2.45) is 0 Å². The summed E-state index contributed by atoms with van der Waals surface area (Å²) in [6.45, 7) is 11.1. The Morgan fingerprint density at radius 3 is 2.92 bits per heavy atom. The van der Waals surface area contributed by atoms with Gasteiger partial charge in [0.2, 0.25) is 0 Å². The fourth-order valence-corrected chi connectivity index (χ4v) is 3.32. The number of nitrogens with zero attached hydrogens (tertiary/aromatic N) is 4. The van der Waals surface area contributed by atoms with Crippen molar-refractivity contribution < 1.29 is 4.74 Å². The van der Waals surface area contributed by atoms with Gasteiger partial charge in [-0.25, -0.2) is 4.98 Å². The monoisotopic (exact) mass is 345 g/mol. The Morgan fingerprint density at radius 2 is 2.16 bits per heavy atom. The Bertz CT molecular complexity index is 682. The van der Waals surface area contributed by atoms with Gasteiger partial charge in [-0.2, -0.15) is 5.10 Å². The summed E-state index contributed by atoms with van der Waals surface area (Å²) >= 11 is 0. The van der Waals surface area contributed by atoms with E-state index in [2.05, 4.69) is 48.1 Å². The summed E-state index contributed by atoms with van der Waals surface area (Å²) in [5, 5.41) is 7.96. The summed E-state index contributed by atoms with van der Waals surface area (Å²) in [4.78, 5) is 4.96. The fraction of sp³-hybridized carbons (Fsp3) is 0.684. The molecule has 0 unspecified atom stereocenters. The maximum absolute atomic E-state index is 5.09. The number of aromatic nitrogens is 4. The third kappa shape index (κ3) is 4.50. The van der Waals surface area contributed by atoms with Crippen LogP contribution in [0.3, 0.4) is 0 Å². The predicted octanol–water partition coefficient (Wildman–Crippen LogP) is 2.69. The van der Waals surface area contributed by atoms with E-state index in [-0.39, 0.29) is 5.41 Å². The molecule has 0 aliphatic carbocycles. The third-order valence-electron chi connectivity index (χ3n) is 4.82. The van der Waals surface area contributed by atoms with Crippen LogP contribution in [0.4, 0.5) is 0 Å². The highest BCUT2D eigenvalue weighted by atomic mass is 16.5. The van der Waals surface area contributed by atoms with Crippen LogP contribution in [-0.2, 0) is 29.8 Å². The van der Waals surface area contributed by atoms with Gasteiger partial charge >= 0.3 is 0 Å². The highest BCUT2D eigenvalue weighted by Crippen LogP contribution is 2.30. The summed E-state index contributed by atoms with van der Waals surface area (Å²) in [6, 6.07) is 0. The topological polar surface area (TPSA) is 56.9 Å². The summed E-state index contributed by atoms with van der Waals surface area (Å²) in [5.74, 6) is 1.74. The van der Waals surface area contributed by atoms with Gasteiger partial charge in [-0.3, -0.25) is 4.68 Å². The molecule has 1 atom stereocenters. The molecule has 1 aliphatic heterocycles. The van der Waals surface area contributed by atoms with Crippen LogP contribution >= 0.6 is 0 Å². The fourth-order valence-electron chi connectivity index (χ4n) is 3.32. The SMILES string of the molecule is COCCn1cc(CNC[C@@H]2CCCn3cc(C(C)(C)C)nc32)cn1. The first-order chi connectivity index (χ1) is 12.0. The number of fused-ring (bicyclic) bond motifs is 1. The van der Waals surface area contributed by atoms with E-state index in [1.165, 1.54) is 29.9 Å². The lowest BCUT2D eigenvalue weighted by molar-refractivity contribution is 0.183. The second kappa shape index (κ2) is 7.70. The molecule has 138 valence electrons. The van der Waals surface area contributed by atoms with E-state index in [9.17, 15) is 0 Å². The second-order valence-electron chi connectivity index (χ2n) is 8.00. The molecule has 0 radical (unpaired) electrons.